The smallest absolute Gasteiger partial charge is 0.324 e. The number of benzene rings is 1. The zero-order chi connectivity index (χ0) is 15.5. The number of hydrogen-bond acceptors (Lipinski definition) is 2. The fourth-order valence-corrected chi connectivity index (χ4v) is 2.03. The van der Waals surface area contributed by atoms with Gasteiger partial charge in [0.1, 0.15) is 5.82 Å². The molecule has 0 fully saturated rings. The molecule has 21 heavy (non-hydrogen) atoms. The molecule has 0 aliphatic heterocycles. The average Bonchev–Trinajstić information content (AvgIpc) is 2.44. The van der Waals surface area contributed by atoms with Crippen molar-refractivity contribution in [2.24, 2.45) is 5.73 Å². The van der Waals surface area contributed by atoms with Gasteiger partial charge in [-0.15, -0.1) is 0 Å². The fraction of sp³-hybridized carbons (Fsp3) is 0.267. The minimum Gasteiger partial charge on any atom is -0.324 e. The Balaban J connectivity index is 2.06. The lowest BCUT2D eigenvalue weighted by Crippen LogP contribution is -2.14. The van der Waals surface area contributed by atoms with Crippen molar-refractivity contribution >= 4 is 0 Å². The summed E-state index contributed by atoms with van der Waals surface area (Å²) in [5.41, 5.74) is 6.01. The topological polar surface area (TPSA) is 38.9 Å². The molecule has 0 aliphatic rings. The highest BCUT2D eigenvalue weighted by atomic mass is 19.4. The second-order valence-electron chi connectivity index (χ2n) is 4.74. The molecule has 2 aromatic rings. The van der Waals surface area contributed by atoms with E-state index in [0.29, 0.717) is 18.4 Å². The molecular formula is C15H14F4N2. The molecule has 2 rings (SSSR count). The summed E-state index contributed by atoms with van der Waals surface area (Å²) in [5.74, 6) is -1.29. The third kappa shape index (κ3) is 4.01. The monoisotopic (exact) mass is 298 g/mol. The third-order valence-corrected chi connectivity index (χ3v) is 3.22. The number of aryl methyl sites for hydroxylation is 1. The van der Waals surface area contributed by atoms with Gasteiger partial charge in [0.2, 0.25) is 0 Å². The highest BCUT2D eigenvalue weighted by Gasteiger charge is 2.34. The molecule has 1 heterocycles. The van der Waals surface area contributed by atoms with Gasteiger partial charge in [0.15, 0.2) is 0 Å². The number of rotatable bonds is 4. The third-order valence-electron chi connectivity index (χ3n) is 3.22. The van der Waals surface area contributed by atoms with Gasteiger partial charge >= 0.3 is 6.18 Å². The minimum atomic E-state index is -4.69. The van der Waals surface area contributed by atoms with Gasteiger partial charge in [-0.25, -0.2) is 4.39 Å². The molecule has 2 N–H and O–H groups in total. The lowest BCUT2D eigenvalue weighted by Gasteiger charge is -2.14. The lowest BCUT2D eigenvalue weighted by molar-refractivity contribution is -0.140. The molecule has 2 nitrogen and oxygen atoms in total. The van der Waals surface area contributed by atoms with Crippen LogP contribution in [0.25, 0.3) is 0 Å². The Bertz CT molecular complexity index is 596. The van der Waals surface area contributed by atoms with Crippen molar-refractivity contribution in [3.05, 3.63) is 65.2 Å². The van der Waals surface area contributed by atoms with Crippen LogP contribution in [-0.2, 0) is 12.6 Å². The van der Waals surface area contributed by atoms with Crippen LogP contribution in [0.15, 0.2) is 42.7 Å². The minimum absolute atomic E-state index is 0.356. The van der Waals surface area contributed by atoms with E-state index in [2.05, 4.69) is 4.98 Å². The van der Waals surface area contributed by atoms with Crippen molar-refractivity contribution in [1.82, 2.24) is 4.98 Å². The number of hydrogen-bond donors (Lipinski definition) is 1. The Morgan fingerprint density at radius 2 is 1.76 bits per heavy atom. The first-order chi connectivity index (χ1) is 9.88. The summed E-state index contributed by atoms with van der Waals surface area (Å²) >= 11 is 0. The first-order valence-corrected chi connectivity index (χ1v) is 6.39. The SMILES string of the molecule is NC(CCc1ccncc1)c1ccc(C(F)(F)F)c(F)c1. The zero-order valence-corrected chi connectivity index (χ0v) is 11.1. The molecule has 6 heteroatoms. The van der Waals surface area contributed by atoms with Crippen LogP contribution in [0.3, 0.4) is 0 Å². The van der Waals surface area contributed by atoms with Crippen LogP contribution in [0.4, 0.5) is 17.6 Å². The van der Waals surface area contributed by atoms with Gasteiger partial charge in [0.05, 0.1) is 5.56 Å². The zero-order valence-electron chi connectivity index (χ0n) is 11.1. The Kier molecular flexibility index (Phi) is 4.57. The van der Waals surface area contributed by atoms with Gasteiger partial charge in [-0.05, 0) is 48.2 Å². The predicted molar refractivity (Wildman–Crippen MR) is 70.9 cm³/mol. The number of halogens is 4. The fourth-order valence-electron chi connectivity index (χ4n) is 2.03. The molecule has 0 spiro atoms. The summed E-state index contributed by atoms with van der Waals surface area (Å²) in [4.78, 5) is 3.89. The molecule has 1 aromatic carbocycles. The second-order valence-corrected chi connectivity index (χ2v) is 4.74. The van der Waals surface area contributed by atoms with Crippen LogP contribution in [0.1, 0.15) is 29.2 Å². The van der Waals surface area contributed by atoms with Crippen LogP contribution < -0.4 is 5.73 Å². The van der Waals surface area contributed by atoms with E-state index >= 15 is 0 Å². The molecule has 112 valence electrons. The molecule has 1 aromatic heterocycles. The molecule has 1 unspecified atom stereocenters. The molecular weight excluding hydrogens is 284 g/mol. The predicted octanol–water partition coefficient (Wildman–Crippen LogP) is 3.87. The number of nitrogens with zero attached hydrogens (tertiary/aromatic N) is 1. The van der Waals surface area contributed by atoms with Gasteiger partial charge < -0.3 is 5.73 Å². The summed E-state index contributed by atoms with van der Waals surface area (Å²) in [7, 11) is 0. The summed E-state index contributed by atoms with van der Waals surface area (Å²) in [6, 6.07) is 5.97. The Morgan fingerprint density at radius 1 is 1.10 bits per heavy atom. The van der Waals surface area contributed by atoms with E-state index in [1.165, 1.54) is 6.07 Å². The van der Waals surface area contributed by atoms with E-state index in [0.717, 1.165) is 17.7 Å². The molecule has 0 amide bonds. The van der Waals surface area contributed by atoms with Crippen LogP contribution in [0, 0.1) is 5.82 Å². The second kappa shape index (κ2) is 6.22. The van der Waals surface area contributed by atoms with Crippen molar-refractivity contribution in [1.29, 1.82) is 0 Å². The Labute approximate surface area is 119 Å². The van der Waals surface area contributed by atoms with E-state index in [-0.39, 0.29) is 0 Å². The molecule has 0 saturated carbocycles. The van der Waals surface area contributed by atoms with E-state index in [9.17, 15) is 17.6 Å². The van der Waals surface area contributed by atoms with Crippen LogP contribution in [0.2, 0.25) is 0 Å². The van der Waals surface area contributed by atoms with Crippen molar-refractivity contribution in [3.8, 4) is 0 Å². The molecule has 0 radical (unpaired) electrons. The van der Waals surface area contributed by atoms with Gasteiger partial charge in [0, 0.05) is 18.4 Å². The van der Waals surface area contributed by atoms with Crippen molar-refractivity contribution in [2.75, 3.05) is 0 Å². The highest BCUT2D eigenvalue weighted by molar-refractivity contribution is 5.28. The summed E-state index contributed by atoms with van der Waals surface area (Å²) < 4.78 is 50.9. The number of aromatic nitrogens is 1. The summed E-state index contributed by atoms with van der Waals surface area (Å²) in [6.07, 6.45) is -0.234. The molecule has 1 atom stereocenters. The van der Waals surface area contributed by atoms with Crippen LogP contribution in [0.5, 0.6) is 0 Å². The van der Waals surface area contributed by atoms with E-state index in [1.54, 1.807) is 12.4 Å². The largest absolute Gasteiger partial charge is 0.419 e. The van der Waals surface area contributed by atoms with E-state index < -0.39 is 23.6 Å². The standard InChI is InChI=1S/C15H14F4N2/c16-13-9-11(2-3-12(13)15(17,18)19)14(20)4-1-10-5-7-21-8-6-10/h2-3,5-9,14H,1,4,20H2. The maximum Gasteiger partial charge on any atom is 0.419 e. The first-order valence-electron chi connectivity index (χ1n) is 6.39. The van der Waals surface area contributed by atoms with E-state index in [4.69, 9.17) is 5.73 Å². The van der Waals surface area contributed by atoms with Crippen molar-refractivity contribution < 1.29 is 17.6 Å². The summed E-state index contributed by atoms with van der Waals surface area (Å²) in [5, 5.41) is 0. The average molecular weight is 298 g/mol. The number of pyridine rings is 1. The van der Waals surface area contributed by atoms with Crippen LogP contribution >= 0.6 is 0 Å². The quantitative estimate of drug-likeness (QED) is 0.870. The lowest BCUT2D eigenvalue weighted by atomic mass is 9.99. The normalized spacial score (nSPS) is 13.2. The first kappa shape index (κ1) is 15.4. The van der Waals surface area contributed by atoms with Crippen molar-refractivity contribution in [2.45, 2.75) is 25.1 Å². The Morgan fingerprint density at radius 3 is 2.33 bits per heavy atom. The van der Waals surface area contributed by atoms with E-state index in [1.807, 2.05) is 12.1 Å². The maximum absolute atomic E-state index is 13.5. The van der Waals surface area contributed by atoms with Crippen molar-refractivity contribution in [3.63, 3.8) is 0 Å². The highest BCUT2D eigenvalue weighted by Crippen LogP contribution is 2.32. The maximum atomic E-state index is 13.5. The van der Waals surface area contributed by atoms with Gasteiger partial charge in [-0.2, -0.15) is 13.2 Å². The molecule has 0 bridgehead atoms. The number of nitrogens with two attached hydrogens (primary N) is 1. The Hall–Kier alpha value is -1.95. The van der Waals surface area contributed by atoms with Gasteiger partial charge in [-0.1, -0.05) is 6.07 Å². The van der Waals surface area contributed by atoms with Gasteiger partial charge in [0.25, 0.3) is 0 Å². The molecule has 0 saturated heterocycles. The number of alkyl halides is 3. The van der Waals surface area contributed by atoms with Crippen LogP contribution in [-0.4, -0.2) is 4.98 Å². The molecule has 0 aliphatic carbocycles. The summed E-state index contributed by atoms with van der Waals surface area (Å²) in [6.45, 7) is 0. The van der Waals surface area contributed by atoms with Gasteiger partial charge in [-0.3, -0.25) is 4.98 Å².